The maximum absolute atomic E-state index is 5.90. The molecule has 0 saturated heterocycles. The van der Waals surface area contributed by atoms with Crippen molar-refractivity contribution in [2.24, 2.45) is 0 Å². The zero-order valence-electron chi connectivity index (χ0n) is 11.8. The standard InChI is InChI=1S/C18H20O2/c1-3-15-10-12-17(13-11-15)20-18(19-4-2)14-16-8-6-5-7-9-16/h3,5-13,18H,1,4,14H2,2H3. The van der Waals surface area contributed by atoms with Crippen LogP contribution in [0.15, 0.2) is 61.2 Å². The van der Waals surface area contributed by atoms with Crippen molar-refractivity contribution < 1.29 is 9.47 Å². The van der Waals surface area contributed by atoms with E-state index in [9.17, 15) is 0 Å². The molecule has 0 bridgehead atoms. The number of hydrogen-bond donors (Lipinski definition) is 0. The smallest absolute Gasteiger partial charge is 0.203 e. The van der Waals surface area contributed by atoms with Crippen LogP contribution in [0.3, 0.4) is 0 Å². The molecular weight excluding hydrogens is 248 g/mol. The third-order valence-electron chi connectivity index (χ3n) is 2.98. The van der Waals surface area contributed by atoms with Crippen LogP contribution in [0.5, 0.6) is 5.75 Å². The number of hydrogen-bond acceptors (Lipinski definition) is 2. The number of ether oxygens (including phenoxy) is 2. The Morgan fingerprint density at radius 2 is 1.75 bits per heavy atom. The molecule has 0 aliphatic carbocycles. The third-order valence-corrected chi connectivity index (χ3v) is 2.98. The molecule has 0 aliphatic heterocycles. The van der Waals surface area contributed by atoms with E-state index >= 15 is 0 Å². The van der Waals surface area contributed by atoms with E-state index in [1.54, 1.807) is 0 Å². The molecule has 0 radical (unpaired) electrons. The molecule has 0 heterocycles. The van der Waals surface area contributed by atoms with Gasteiger partial charge in [-0.3, -0.25) is 0 Å². The minimum atomic E-state index is -0.267. The average Bonchev–Trinajstić information content (AvgIpc) is 2.49. The quantitative estimate of drug-likeness (QED) is 0.696. The lowest BCUT2D eigenvalue weighted by Gasteiger charge is -2.19. The molecule has 0 N–H and O–H groups in total. The normalized spacial score (nSPS) is 11.8. The fourth-order valence-electron chi connectivity index (χ4n) is 1.96. The first-order chi connectivity index (χ1) is 9.81. The Morgan fingerprint density at radius 1 is 1.05 bits per heavy atom. The molecule has 104 valence electrons. The van der Waals surface area contributed by atoms with Gasteiger partial charge >= 0.3 is 0 Å². The highest BCUT2D eigenvalue weighted by Gasteiger charge is 2.11. The molecule has 1 atom stereocenters. The highest BCUT2D eigenvalue weighted by atomic mass is 16.7. The van der Waals surface area contributed by atoms with Crippen molar-refractivity contribution in [3.63, 3.8) is 0 Å². The zero-order chi connectivity index (χ0) is 14.2. The fourth-order valence-corrected chi connectivity index (χ4v) is 1.96. The minimum absolute atomic E-state index is 0.267. The van der Waals surface area contributed by atoms with Crippen molar-refractivity contribution in [3.8, 4) is 5.75 Å². The number of rotatable bonds is 7. The second-order valence-corrected chi connectivity index (χ2v) is 4.47. The SMILES string of the molecule is C=Cc1ccc(OC(Cc2ccccc2)OCC)cc1. The Kier molecular flexibility index (Phi) is 5.39. The van der Waals surface area contributed by atoms with E-state index in [-0.39, 0.29) is 6.29 Å². The summed E-state index contributed by atoms with van der Waals surface area (Å²) < 4.78 is 11.6. The van der Waals surface area contributed by atoms with Crippen LogP contribution in [0.4, 0.5) is 0 Å². The first-order valence-corrected chi connectivity index (χ1v) is 6.86. The molecule has 1 unspecified atom stereocenters. The van der Waals surface area contributed by atoms with Crippen LogP contribution in [-0.2, 0) is 11.2 Å². The van der Waals surface area contributed by atoms with Gasteiger partial charge in [0.25, 0.3) is 0 Å². The summed E-state index contributed by atoms with van der Waals surface area (Å²) in [6, 6.07) is 18.1. The van der Waals surface area contributed by atoms with Gasteiger partial charge in [0.2, 0.25) is 6.29 Å². The van der Waals surface area contributed by atoms with Gasteiger partial charge < -0.3 is 9.47 Å². The first kappa shape index (κ1) is 14.4. The van der Waals surface area contributed by atoms with Crippen molar-refractivity contribution in [3.05, 3.63) is 72.3 Å². The lowest BCUT2D eigenvalue weighted by atomic mass is 10.1. The molecule has 0 saturated carbocycles. The van der Waals surface area contributed by atoms with E-state index < -0.39 is 0 Å². The second kappa shape index (κ2) is 7.51. The van der Waals surface area contributed by atoms with Crippen LogP contribution in [0, 0.1) is 0 Å². The van der Waals surface area contributed by atoms with Gasteiger partial charge in [0, 0.05) is 13.0 Å². The lowest BCUT2D eigenvalue weighted by molar-refractivity contribution is -0.0740. The Morgan fingerprint density at radius 3 is 2.35 bits per heavy atom. The van der Waals surface area contributed by atoms with Crippen molar-refractivity contribution in [2.45, 2.75) is 19.6 Å². The van der Waals surface area contributed by atoms with E-state index in [1.165, 1.54) is 5.56 Å². The van der Waals surface area contributed by atoms with E-state index in [0.29, 0.717) is 6.61 Å². The van der Waals surface area contributed by atoms with Crippen LogP contribution in [0.2, 0.25) is 0 Å². The van der Waals surface area contributed by atoms with Crippen LogP contribution < -0.4 is 4.74 Å². The van der Waals surface area contributed by atoms with Crippen LogP contribution >= 0.6 is 0 Å². The molecule has 20 heavy (non-hydrogen) atoms. The van der Waals surface area contributed by atoms with Crippen molar-refractivity contribution >= 4 is 6.08 Å². The summed E-state index contributed by atoms with van der Waals surface area (Å²) in [5, 5.41) is 0. The lowest BCUT2D eigenvalue weighted by Crippen LogP contribution is -2.23. The highest BCUT2D eigenvalue weighted by molar-refractivity contribution is 5.48. The van der Waals surface area contributed by atoms with Gasteiger partial charge in [-0.1, -0.05) is 55.1 Å². The molecule has 0 amide bonds. The largest absolute Gasteiger partial charge is 0.465 e. The predicted octanol–water partition coefficient (Wildman–Crippen LogP) is 4.31. The summed E-state index contributed by atoms with van der Waals surface area (Å²) in [6.07, 6.45) is 2.28. The minimum Gasteiger partial charge on any atom is -0.465 e. The summed E-state index contributed by atoms with van der Waals surface area (Å²) in [6.45, 7) is 6.34. The maximum atomic E-state index is 5.90. The highest BCUT2D eigenvalue weighted by Crippen LogP contribution is 2.17. The molecule has 0 aliphatic rings. The monoisotopic (exact) mass is 268 g/mol. The van der Waals surface area contributed by atoms with Gasteiger partial charge in [0.15, 0.2) is 0 Å². The fraction of sp³-hybridized carbons (Fsp3) is 0.222. The van der Waals surface area contributed by atoms with Gasteiger partial charge in [-0.05, 0) is 30.2 Å². The Labute approximate surface area is 120 Å². The van der Waals surface area contributed by atoms with Gasteiger partial charge in [-0.25, -0.2) is 0 Å². The van der Waals surface area contributed by atoms with Gasteiger partial charge in [-0.2, -0.15) is 0 Å². The molecule has 2 aromatic carbocycles. The molecular formula is C18H20O2. The maximum Gasteiger partial charge on any atom is 0.203 e. The van der Waals surface area contributed by atoms with Gasteiger partial charge in [-0.15, -0.1) is 0 Å². The molecule has 0 fully saturated rings. The van der Waals surface area contributed by atoms with Crippen LogP contribution in [-0.4, -0.2) is 12.9 Å². The van der Waals surface area contributed by atoms with Crippen molar-refractivity contribution in [1.82, 2.24) is 0 Å². The molecule has 0 spiro atoms. The van der Waals surface area contributed by atoms with E-state index in [2.05, 4.69) is 18.7 Å². The van der Waals surface area contributed by atoms with Crippen molar-refractivity contribution in [2.75, 3.05) is 6.61 Å². The van der Waals surface area contributed by atoms with Crippen molar-refractivity contribution in [1.29, 1.82) is 0 Å². The molecule has 2 nitrogen and oxygen atoms in total. The molecule has 2 heteroatoms. The zero-order valence-corrected chi connectivity index (χ0v) is 11.8. The summed E-state index contributed by atoms with van der Waals surface area (Å²) in [5.74, 6) is 0.810. The molecule has 2 rings (SSSR count). The molecule has 2 aromatic rings. The van der Waals surface area contributed by atoms with Crippen LogP contribution in [0.25, 0.3) is 6.08 Å². The topological polar surface area (TPSA) is 18.5 Å². The second-order valence-electron chi connectivity index (χ2n) is 4.47. The van der Waals surface area contributed by atoms with E-state index in [1.807, 2.05) is 55.5 Å². The van der Waals surface area contributed by atoms with Gasteiger partial charge in [0.05, 0.1) is 0 Å². The first-order valence-electron chi connectivity index (χ1n) is 6.86. The van der Waals surface area contributed by atoms with E-state index in [0.717, 1.165) is 17.7 Å². The van der Waals surface area contributed by atoms with E-state index in [4.69, 9.17) is 9.47 Å². The Bertz CT molecular complexity index is 517. The summed E-state index contributed by atoms with van der Waals surface area (Å²) in [4.78, 5) is 0. The predicted molar refractivity (Wildman–Crippen MR) is 82.7 cm³/mol. The summed E-state index contributed by atoms with van der Waals surface area (Å²) >= 11 is 0. The van der Waals surface area contributed by atoms with Crippen LogP contribution in [0.1, 0.15) is 18.1 Å². The number of benzene rings is 2. The third kappa shape index (κ3) is 4.25. The Balaban J connectivity index is 2.02. The summed E-state index contributed by atoms with van der Waals surface area (Å²) in [7, 11) is 0. The molecule has 0 aromatic heterocycles. The summed E-state index contributed by atoms with van der Waals surface area (Å²) in [5.41, 5.74) is 2.28. The Hall–Kier alpha value is -2.06. The van der Waals surface area contributed by atoms with Gasteiger partial charge in [0.1, 0.15) is 5.75 Å². The average molecular weight is 268 g/mol.